The van der Waals surface area contributed by atoms with Crippen molar-refractivity contribution in [1.82, 2.24) is 9.97 Å². The number of nitrogens with zero attached hydrogens (tertiary/aromatic N) is 1. The van der Waals surface area contributed by atoms with Crippen LogP contribution in [0.15, 0.2) is 29.2 Å². The molecule has 0 aromatic carbocycles. The van der Waals surface area contributed by atoms with Gasteiger partial charge in [0.1, 0.15) is 12.0 Å². The molecule has 0 aliphatic rings. The van der Waals surface area contributed by atoms with E-state index in [1.54, 1.807) is 24.8 Å². The maximum absolute atomic E-state index is 11.0. The minimum atomic E-state index is -0.496. The van der Waals surface area contributed by atoms with Crippen LogP contribution in [0.3, 0.4) is 0 Å². The lowest BCUT2D eigenvalue weighted by molar-refractivity contribution is 0.0996. The van der Waals surface area contributed by atoms with Crippen LogP contribution in [0.5, 0.6) is 0 Å². The Bertz CT molecular complexity index is 665. The van der Waals surface area contributed by atoms with Crippen LogP contribution >= 0.6 is 0 Å². The summed E-state index contributed by atoms with van der Waals surface area (Å²) in [7, 11) is 0. The van der Waals surface area contributed by atoms with Gasteiger partial charge in [0.15, 0.2) is 0 Å². The number of aromatic nitrogens is 2. The third-order valence-electron chi connectivity index (χ3n) is 2.37. The first-order valence-corrected chi connectivity index (χ1v) is 4.39. The first kappa shape index (κ1) is 8.05. The van der Waals surface area contributed by atoms with E-state index in [-0.39, 0.29) is 0 Å². The van der Waals surface area contributed by atoms with Crippen molar-refractivity contribution < 1.29 is 9.21 Å². The second-order valence-corrected chi connectivity index (χ2v) is 3.31. The number of fused-ring (bicyclic) bond motifs is 3. The van der Waals surface area contributed by atoms with Gasteiger partial charge in [-0.05, 0) is 6.07 Å². The summed E-state index contributed by atoms with van der Waals surface area (Å²) in [4.78, 5) is 18.1. The Morgan fingerprint density at radius 1 is 1.47 bits per heavy atom. The highest BCUT2D eigenvalue weighted by Crippen LogP contribution is 2.23. The highest BCUT2D eigenvalue weighted by atomic mass is 16.3. The van der Waals surface area contributed by atoms with E-state index in [2.05, 4.69) is 9.97 Å². The summed E-state index contributed by atoms with van der Waals surface area (Å²) in [5.74, 6) is -0.496. The zero-order valence-corrected chi connectivity index (χ0v) is 7.65. The summed E-state index contributed by atoms with van der Waals surface area (Å²) in [5, 5.41) is 1.79. The van der Waals surface area contributed by atoms with Crippen molar-refractivity contribution in [3.63, 3.8) is 0 Å². The van der Waals surface area contributed by atoms with Gasteiger partial charge in [0, 0.05) is 17.0 Å². The number of rotatable bonds is 1. The zero-order valence-electron chi connectivity index (χ0n) is 7.65. The van der Waals surface area contributed by atoms with Gasteiger partial charge in [-0.2, -0.15) is 0 Å². The Balaban J connectivity index is 2.46. The Hall–Kier alpha value is -2.30. The number of carbonyl (C=O) groups is 1. The number of hydrogen-bond donors (Lipinski definition) is 2. The van der Waals surface area contributed by atoms with Crippen LogP contribution in [0, 0.1) is 0 Å². The minimum Gasteiger partial charge on any atom is -0.471 e. The normalized spacial score (nSPS) is 11.2. The molecular formula is C10H7N3O2. The topological polar surface area (TPSA) is 84.9 Å². The fourth-order valence-electron chi connectivity index (χ4n) is 1.63. The molecule has 0 aliphatic carbocycles. The average molecular weight is 201 g/mol. The Morgan fingerprint density at radius 3 is 3.13 bits per heavy atom. The summed E-state index contributed by atoms with van der Waals surface area (Å²) in [6, 6.07) is 1.63. The van der Waals surface area contributed by atoms with Crippen molar-refractivity contribution in [3.05, 3.63) is 30.5 Å². The van der Waals surface area contributed by atoms with Gasteiger partial charge < -0.3 is 15.1 Å². The predicted octanol–water partition coefficient (Wildman–Crippen LogP) is 1.41. The standard InChI is InChI=1S/C10H7N3O2/c11-10(14)8-1-7-9(13-8)6-4-15-3-5(6)2-12-7/h1-4,13H,(H2,11,14). The van der Waals surface area contributed by atoms with Gasteiger partial charge in [0.25, 0.3) is 5.91 Å². The monoisotopic (exact) mass is 201 g/mol. The average Bonchev–Trinajstić information content (AvgIpc) is 2.82. The molecule has 3 heterocycles. The number of primary amides is 1. The van der Waals surface area contributed by atoms with E-state index < -0.39 is 5.91 Å². The van der Waals surface area contributed by atoms with E-state index in [1.165, 1.54) is 0 Å². The van der Waals surface area contributed by atoms with Gasteiger partial charge in [-0.3, -0.25) is 9.78 Å². The number of nitrogens with two attached hydrogens (primary N) is 1. The van der Waals surface area contributed by atoms with E-state index in [0.717, 1.165) is 16.3 Å². The number of aromatic amines is 1. The molecule has 3 rings (SSSR count). The molecule has 0 radical (unpaired) electrons. The molecule has 1 amide bonds. The van der Waals surface area contributed by atoms with Gasteiger partial charge in [-0.1, -0.05) is 0 Å². The molecule has 5 heteroatoms. The molecule has 0 unspecified atom stereocenters. The minimum absolute atomic E-state index is 0.353. The van der Waals surface area contributed by atoms with Gasteiger partial charge in [0.2, 0.25) is 0 Å². The number of furan rings is 1. The number of amides is 1. The van der Waals surface area contributed by atoms with Crippen LogP contribution in [0.25, 0.3) is 21.8 Å². The smallest absolute Gasteiger partial charge is 0.265 e. The summed E-state index contributed by atoms with van der Waals surface area (Å²) < 4.78 is 5.07. The lowest BCUT2D eigenvalue weighted by atomic mass is 10.2. The molecule has 5 nitrogen and oxygen atoms in total. The van der Waals surface area contributed by atoms with Crippen LogP contribution in [-0.4, -0.2) is 15.9 Å². The predicted molar refractivity (Wildman–Crippen MR) is 54.4 cm³/mol. The molecule has 3 N–H and O–H groups in total. The summed E-state index contributed by atoms with van der Waals surface area (Å²) in [5.41, 5.74) is 7.01. The second kappa shape index (κ2) is 2.60. The molecule has 0 aliphatic heterocycles. The summed E-state index contributed by atoms with van der Waals surface area (Å²) >= 11 is 0. The highest BCUT2D eigenvalue weighted by Gasteiger charge is 2.10. The quantitative estimate of drug-likeness (QED) is 0.624. The number of nitrogens with one attached hydrogen (secondary N) is 1. The van der Waals surface area contributed by atoms with Crippen LogP contribution in [0.2, 0.25) is 0 Å². The third-order valence-corrected chi connectivity index (χ3v) is 2.37. The number of pyridine rings is 1. The molecule has 3 aromatic rings. The molecule has 15 heavy (non-hydrogen) atoms. The Labute approximate surface area is 83.9 Å². The molecule has 0 atom stereocenters. The van der Waals surface area contributed by atoms with E-state index in [0.29, 0.717) is 11.2 Å². The fraction of sp³-hybridized carbons (Fsp3) is 0. The molecular weight excluding hydrogens is 194 g/mol. The molecule has 0 bridgehead atoms. The Kier molecular flexibility index (Phi) is 1.39. The van der Waals surface area contributed by atoms with Gasteiger partial charge >= 0.3 is 0 Å². The van der Waals surface area contributed by atoms with Gasteiger partial charge in [-0.15, -0.1) is 0 Å². The van der Waals surface area contributed by atoms with Crippen molar-refractivity contribution in [3.8, 4) is 0 Å². The van der Waals surface area contributed by atoms with E-state index in [9.17, 15) is 4.79 Å². The number of H-pyrrole nitrogens is 1. The molecule has 3 aromatic heterocycles. The highest BCUT2D eigenvalue weighted by molar-refractivity contribution is 6.06. The SMILES string of the molecule is NC(=O)c1cc2ncc3cocc3c2[nH]1. The Morgan fingerprint density at radius 2 is 2.33 bits per heavy atom. The molecule has 0 fully saturated rings. The van der Waals surface area contributed by atoms with Crippen LogP contribution in [-0.2, 0) is 0 Å². The first-order valence-electron chi connectivity index (χ1n) is 4.39. The maximum Gasteiger partial charge on any atom is 0.265 e. The van der Waals surface area contributed by atoms with E-state index in [4.69, 9.17) is 10.2 Å². The third kappa shape index (κ3) is 1.03. The maximum atomic E-state index is 11.0. The molecule has 0 spiro atoms. The van der Waals surface area contributed by atoms with E-state index in [1.807, 2.05) is 0 Å². The molecule has 74 valence electrons. The largest absolute Gasteiger partial charge is 0.471 e. The second-order valence-electron chi connectivity index (χ2n) is 3.31. The van der Waals surface area contributed by atoms with E-state index >= 15 is 0 Å². The van der Waals surface area contributed by atoms with Crippen LogP contribution in [0.1, 0.15) is 10.5 Å². The zero-order chi connectivity index (χ0) is 10.4. The van der Waals surface area contributed by atoms with Crippen molar-refractivity contribution in [2.24, 2.45) is 5.73 Å². The molecule has 0 saturated carbocycles. The summed E-state index contributed by atoms with van der Waals surface area (Å²) in [6.45, 7) is 0. The van der Waals surface area contributed by atoms with Crippen molar-refractivity contribution in [2.75, 3.05) is 0 Å². The van der Waals surface area contributed by atoms with Gasteiger partial charge in [0.05, 0.1) is 17.3 Å². The molecule has 0 saturated heterocycles. The number of carbonyl (C=O) groups excluding carboxylic acids is 1. The lowest BCUT2D eigenvalue weighted by Crippen LogP contribution is -2.10. The van der Waals surface area contributed by atoms with Crippen LogP contribution < -0.4 is 5.73 Å². The van der Waals surface area contributed by atoms with Gasteiger partial charge in [-0.25, -0.2) is 0 Å². The number of hydrogen-bond acceptors (Lipinski definition) is 3. The summed E-state index contributed by atoms with van der Waals surface area (Å²) in [6.07, 6.45) is 4.91. The van der Waals surface area contributed by atoms with Crippen molar-refractivity contribution >= 4 is 27.7 Å². The lowest BCUT2D eigenvalue weighted by Gasteiger charge is -1.89. The fourth-order valence-corrected chi connectivity index (χ4v) is 1.63. The first-order chi connectivity index (χ1) is 7.25. The van der Waals surface area contributed by atoms with Crippen LogP contribution in [0.4, 0.5) is 0 Å². The van der Waals surface area contributed by atoms with Crippen molar-refractivity contribution in [2.45, 2.75) is 0 Å². The van der Waals surface area contributed by atoms with Crippen molar-refractivity contribution in [1.29, 1.82) is 0 Å².